The summed E-state index contributed by atoms with van der Waals surface area (Å²) in [6.07, 6.45) is 1.81. The largest absolute Gasteiger partial charge is 0.481 e. The molecule has 0 radical (unpaired) electrons. The molecular weight excluding hydrogens is 350 g/mol. The summed E-state index contributed by atoms with van der Waals surface area (Å²) >= 11 is 0. The number of hydrogen-bond donors (Lipinski definition) is 4. The van der Waals surface area contributed by atoms with Crippen molar-refractivity contribution in [1.29, 1.82) is 0 Å². The van der Waals surface area contributed by atoms with Crippen LogP contribution in [-0.2, 0) is 21.5 Å². The van der Waals surface area contributed by atoms with E-state index in [1.165, 1.54) is 6.26 Å². The summed E-state index contributed by atoms with van der Waals surface area (Å²) < 4.78 is 5.08. The molecule has 1 heterocycles. The SMILES string of the molecule is CCC(CNC(=O)CNC(=O)NCc1ccco1)(C(=O)O)c1ccccc1. The summed E-state index contributed by atoms with van der Waals surface area (Å²) in [5.74, 6) is -0.898. The van der Waals surface area contributed by atoms with E-state index in [2.05, 4.69) is 16.0 Å². The van der Waals surface area contributed by atoms with E-state index in [0.29, 0.717) is 17.7 Å². The van der Waals surface area contributed by atoms with Gasteiger partial charge in [-0.1, -0.05) is 37.3 Å². The van der Waals surface area contributed by atoms with Crippen molar-refractivity contribution in [3.8, 4) is 0 Å². The van der Waals surface area contributed by atoms with Crippen molar-refractivity contribution >= 4 is 17.9 Å². The Kier molecular flexibility index (Phi) is 6.99. The van der Waals surface area contributed by atoms with Crippen LogP contribution in [-0.4, -0.2) is 36.1 Å². The van der Waals surface area contributed by atoms with Crippen molar-refractivity contribution < 1.29 is 23.9 Å². The number of benzene rings is 1. The topological polar surface area (TPSA) is 121 Å². The van der Waals surface area contributed by atoms with Gasteiger partial charge in [-0.15, -0.1) is 0 Å². The van der Waals surface area contributed by atoms with Crippen LogP contribution in [0.1, 0.15) is 24.7 Å². The number of carboxylic acids is 1. The fourth-order valence-corrected chi connectivity index (χ4v) is 2.65. The van der Waals surface area contributed by atoms with E-state index in [9.17, 15) is 19.5 Å². The predicted molar refractivity (Wildman–Crippen MR) is 98.0 cm³/mol. The first kappa shape index (κ1) is 20.0. The van der Waals surface area contributed by atoms with Crippen molar-refractivity contribution in [2.24, 2.45) is 0 Å². The van der Waals surface area contributed by atoms with E-state index in [4.69, 9.17) is 4.42 Å². The first-order valence-electron chi connectivity index (χ1n) is 8.57. The number of aliphatic carboxylic acids is 1. The second-order valence-corrected chi connectivity index (χ2v) is 6.00. The Morgan fingerprint density at radius 1 is 1.04 bits per heavy atom. The van der Waals surface area contributed by atoms with Crippen LogP contribution in [0.4, 0.5) is 4.79 Å². The molecule has 3 amide bonds. The lowest BCUT2D eigenvalue weighted by molar-refractivity contribution is -0.144. The Morgan fingerprint density at radius 2 is 1.78 bits per heavy atom. The zero-order valence-corrected chi connectivity index (χ0v) is 15.0. The summed E-state index contributed by atoms with van der Waals surface area (Å²) in [5, 5.41) is 17.3. The lowest BCUT2D eigenvalue weighted by Crippen LogP contribution is -2.49. The van der Waals surface area contributed by atoms with Gasteiger partial charge in [0.05, 0.1) is 19.4 Å². The Labute approximate surface area is 156 Å². The van der Waals surface area contributed by atoms with Gasteiger partial charge in [-0.2, -0.15) is 0 Å². The summed E-state index contributed by atoms with van der Waals surface area (Å²) in [7, 11) is 0. The summed E-state index contributed by atoms with van der Waals surface area (Å²) in [5.41, 5.74) is -0.609. The first-order chi connectivity index (χ1) is 13.0. The first-order valence-corrected chi connectivity index (χ1v) is 8.57. The average molecular weight is 373 g/mol. The maximum absolute atomic E-state index is 12.0. The zero-order chi connectivity index (χ0) is 19.7. The molecule has 0 saturated heterocycles. The van der Waals surface area contributed by atoms with Crippen molar-refractivity contribution in [3.63, 3.8) is 0 Å². The second kappa shape index (κ2) is 9.42. The minimum atomic E-state index is -1.22. The van der Waals surface area contributed by atoms with Crippen LogP contribution >= 0.6 is 0 Å². The average Bonchev–Trinajstić information content (AvgIpc) is 3.20. The van der Waals surface area contributed by atoms with Gasteiger partial charge in [-0.3, -0.25) is 9.59 Å². The third-order valence-corrected chi connectivity index (χ3v) is 4.34. The van der Waals surface area contributed by atoms with Crippen LogP contribution in [0.25, 0.3) is 0 Å². The number of carbonyl (C=O) groups excluding carboxylic acids is 2. The number of urea groups is 1. The van der Waals surface area contributed by atoms with E-state index in [1.54, 1.807) is 49.4 Å². The minimum absolute atomic E-state index is 0.0720. The lowest BCUT2D eigenvalue weighted by Gasteiger charge is -2.29. The van der Waals surface area contributed by atoms with Crippen LogP contribution in [0.2, 0.25) is 0 Å². The number of carboxylic acid groups (broad SMARTS) is 1. The van der Waals surface area contributed by atoms with E-state index >= 15 is 0 Å². The molecule has 144 valence electrons. The van der Waals surface area contributed by atoms with E-state index < -0.39 is 23.3 Å². The van der Waals surface area contributed by atoms with Crippen LogP contribution < -0.4 is 16.0 Å². The standard InChI is InChI=1S/C19H23N3O5/c1-2-19(17(24)25,14-7-4-3-5-8-14)13-22-16(23)12-21-18(26)20-11-15-9-6-10-27-15/h3-10H,2,11-13H2,1H3,(H,22,23)(H,24,25)(H2,20,21,26). The number of amides is 3. The molecule has 2 rings (SSSR count). The molecule has 1 aromatic heterocycles. The van der Waals surface area contributed by atoms with Crippen molar-refractivity contribution in [3.05, 3.63) is 60.1 Å². The zero-order valence-electron chi connectivity index (χ0n) is 15.0. The normalized spacial score (nSPS) is 12.6. The summed E-state index contributed by atoms with van der Waals surface area (Å²) in [6, 6.07) is 11.7. The minimum Gasteiger partial charge on any atom is -0.481 e. The second-order valence-electron chi connectivity index (χ2n) is 6.00. The van der Waals surface area contributed by atoms with Crippen molar-refractivity contribution in [2.75, 3.05) is 13.1 Å². The van der Waals surface area contributed by atoms with Crippen LogP contribution in [0, 0.1) is 0 Å². The molecule has 2 aromatic rings. The Balaban J connectivity index is 1.85. The molecule has 27 heavy (non-hydrogen) atoms. The predicted octanol–water partition coefficient (Wildman–Crippen LogP) is 1.63. The third kappa shape index (κ3) is 5.34. The molecule has 0 bridgehead atoms. The smallest absolute Gasteiger partial charge is 0.315 e. The van der Waals surface area contributed by atoms with Gasteiger partial charge in [0.15, 0.2) is 0 Å². The molecule has 0 aliphatic rings. The summed E-state index contributed by atoms with van der Waals surface area (Å²) in [4.78, 5) is 35.6. The molecule has 1 atom stereocenters. The third-order valence-electron chi connectivity index (χ3n) is 4.34. The van der Waals surface area contributed by atoms with Crippen LogP contribution in [0.15, 0.2) is 53.1 Å². The molecule has 8 heteroatoms. The summed E-state index contributed by atoms with van der Waals surface area (Å²) in [6.45, 7) is 1.62. The molecule has 1 aromatic carbocycles. The van der Waals surface area contributed by atoms with Crippen molar-refractivity contribution in [1.82, 2.24) is 16.0 Å². The molecule has 0 spiro atoms. The molecule has 0 saturated carbocycles. The highest BCUT2D eigenvalue weighted by atomic mass is 16.4. The van der Waals surface area contributed by atoms with Gasteiger partial charge in [0.2, 0.25) is 5.91 Å². The number of hydrogen-bond acceptors (Lipinski definition) is 4. The molecule has 4 N–H and O–H groups in total. The number of carbonyl (C=O) groups is 3. The Hall–Kier alpha value is -3.29. The maximum Gasteiger partial charge on any atom is 0.315 e. The van der Waals surface area contributed by atoms with Gasteiger partial charge in [-0.25, -0.2) is 4.79 Å². The maximum atomic E-state index is 12.0. The van der Waals surface area contributed by atoms with E-state index in [0.717, 1.165) is 0 Å². The molecule has 8 nitrogen and oxygen atoms in total. The van der Waals surface area contributed by atoms with Gasteiger partial charge in [0, 0.05) is 6.54 Å². The molecule has 0 aliphatic carbocycles. The van der Waals surface area contributed by atoms with Gasteiger partial charge in [0.25, 0.3) is 0 Å². The Morgan fingerprint density at radius 3 is 2.37 bits per heavy atom. The van der Waals surface area contributed by atoms with E-state index in [1.807, 2.05) is 0 Å². The van der Waals surface area contributed by atoms with Crippen LogP contribution in [0.5, 0.6) is 0 Å². The number of rotatable bonds is 9. The molecular formula is C19H23N3O5. The fourth-order valence-electron chi connectivity index (χ4n) is 2.65. The highest BCUT2D eigenvalue weighted by molar-refractivity contribution is 5.86. The van der Waals surface area contributed by atoms with Gasteiger partial charge in [0.1, 0.15) is 11.2 Å². The quantitative estimate of drug-likeness (QED) is 0.532. The highest BCUT2D eigenvalue weighted by Gasteiger charge is 2.38. The number of furan rings is 1. The monoisotopic (exact) mass is 373 g/mol. The van der Waals surface area contributed by atoms with Gasteiger partial charge in [-0.05, 0) is 24.1 Å². The van der Waals surface area contributed by atoms with Gasteiger partial charge < -0.3 is 25.5 Å². The van der Waals surface area contributed by atoms with E-state index in [-0.39, 0.29) is 19.6 Å². The Bertz CT molecular complexity index is 761. The fraction of sp³-hybridized carbons (Fsp3) is 0.316. The van der Waals surface area contributed by atoms with Crippen LogP contribution in [0.3, 0.4) is 0 Å². The van der Waals surface area contributed by atoms with Gasteiger partial charge >= 0.3 is 12.0 Å². The lowest BCUT2D eigenvalue weighted by atomic mass is 9.78. The molecule has 0 fully saturated rings. The molecule has 1 unspecified atom stereocenters. The van der Waals surface area contributed by atoms with Crippen molar-refractivity contribution in [2.45, 2.75) is 25.3 Å². The molecule has 0 aliphatic heterocycles. The number of nitrogens with one attached hydrogen (secondary N) is 3. The highest BCUT2D eigenvalue weighted by Crippen LogP contribution is 2.27.